The van der Waals surface area contributed by atoms with Crippen LogP contribution >= 0.6 is 11.8 Å². The Bertz CT molecular complexity index is 1130. The van der Waals surface area contributed by atoms with Crippen LogP contribution < -0.4 is 5.32 Å². The summed E-state index contributed by atoms with van der Waals surface area (Å²) in [5.74, 6) is 1.54. The van der Waals surface area contributed by atoms with Gasteiger partial charge in [0, 0.05) is 18.7 Å². The minimum Gasteiger partial charge on any atom is -0.447 e. The Morgan fingerprint density at radius 3 is 2.55 bits per heavy atom. The number of thioether (sulfide) groups is 1. The number of carbonyl (C=O) groups excluding carboxylic acids is 1. The van der Waals surface area contributed by atoms with Gasteiger partial charge in [0.05, 0.1) is 5.75 Å². The molecule has 0 aliphatic carbocycles. The van der Waals surface area contributed by atoms with Crippen LogP contribution in [0.25, 0.3) is 5.69 Å². The molecule has 0 atom stereocenters. The Morgan fingerprint density at radius 1 is 1.06 bits per heavy atom. The second-order valence-corrected chi connectivity index (χ2v) is 7.85. The fourth-order valence-corrected chi connectivity index (χ4v) is 3.88. The van der Waals surface area contributed by atoms with Crippen LogP contribution in [-0.2, 0) is 12.2 Å². The number of para-hydroxylation sites is 1. The van der Waals surface area contributed by atoms with Crippen LogP contribution in [0.5, 0.6) is 0 Å². The molecule has 2 heterocycles. The van der Waals surface area contributed by atoms with Crippen LogP contribution in [0.1, 0.15) is 41.1 Å². The lowest BCUT2D eigenvalue weighted by Gasteiger charge is -2.10. The van der Waals surface area contributed by atoms with Crippen molar-refractivity contribution in [2.45, 2.75) is 30.7 Å². The maximum Gasteiger partial charge on any atom is 0.273 e. The molecule has 0 saturated heterocycles. The van der Waals surface area contributed by atoms with Gasteiger partial charge in [-0.05, 0) is 24.1 Å². The smallest absolute Gasteiger partial charge is 0.273 e. The van der Waals surface area contributed by atoms with Crippen molar-refractivity contribution in [2.24, 2.45) is 0 Å². The summed E-state index contributed by atoms with van der Waals surface area (Å²) in [4.78, 5) is 16.3. The number of benzene rings is 2. The molecule has 31 heavy (non-hydrogen) atoms. The van der Waals surface area contributed by atoms with E-state index < -0.39 is 0 Å². The molecule has 0 spiro atoms. The van der Waals surface area contributed by atoms with Crippen LogP contribution in [0, 0.1) is 0 Å². The SMILES string of the molecule is CCCNC(=O)c1coc(CSc2nnc(Cc3ccccc3)n2-c2ccccc2)n1. The second kappa shape index (κ2) is 10.1. The van der Waals surface area contributed by atoms with E-state index in [2.05, 4.69) is 37.2 Å². The number of nitrogens with one attached hydrogen (secondary N) is 1. The molecule has 0 bridgehead atoms. The normalized spacial score (nSPS) is 10.9. The highest BCUT2D eigenvalue weighted by Gasteiger charge is 2.17. The third-order valence-electron chi connectivity index (χ3n) is 4.56. The molecule has 7 nitrogen and oxygen atoms in total. The summed E-state index contributed by atoms with van der Waals surface area (Å²) in [5.41, 5.74) is 2.45. The lowest BCUT2D eigenvalue weighted by molar-refractivity contribution is 0.0948. The number of oxazole rings is 1. The van der Waals surface area contributed by atoms with Gasteiger partial charge < -0.3 is 9.73 Å². The molecule has 1 amide bonds. The van der Waals surface area contributed by atoms with Gasteiger partial charge in [-0.25, -0.2) is 4.98 Å². The molecule has 2 aromatic heterocycles. The van der Waals surface area contributed by atoms with Crippen LogP contribution in [0.2, 0.25) is 0 Å². The monoisotopic (exact) mass is 433 g/mol. The minimum atomic E-state index is -0.223. The number of aromatic nitrogens is 4. The Kier molecular flexibility index (Phi) is 6.78. The van der Waals surface area contributed by atoms with Gasteiger partial charge in [0.15, 0.2) is 10.9 Å². The van der Waals surface area contributed by atoms with Gasteiger partial charge in [0.1, 0.15) is 12.1 Å². The Hall–Kier alpha value is -3.39. The average Bonchev–Trinajstić information content (AvgIpc) is 3.44. The van der Waals surface area contributed by atoms with Gasteiger partial charge in [-0.1, -0.05) is 67.2 Å². The van der Waals surface area contributed by atoms with Gasteiger partial charge in [0.25, 0.3) is 5.91 Å². The van der Waals surface area contributed by atoms with E-state index in [0.29, 0.717) is 30.3 Å². The number of amides is 1. The third kappa shape index (κ3) is 5.21. The van der Waals surface area contributed by atoms with Gasteiger partial charge in [-0.2, -0.15) is 0 Å². The molecule has 8 heteroatoms. The van der Waals surface area contributed by atoms with Crippen LogP contribution in [0.15, 0.2) is 76.5 Å². The van der Waals surface area contributed by atoms with Crippen molar-refractivity contribution >= 4 is 17.7 Å². The molecule has 4 rings (SSSR count). The van der Waals surface area contributed by atoms with E-state index in [4.69, 9.17) is 4.42 Å². The first-order valence-corrected chi connectivity index (χ1v) is 11.1. The van der Waals surface area contributed by atoms with E-state index in [1.807, 2.05) is 55.5 Å². The predicted octanol–water partition coefficient (Wildman–Crippen LogP) is 4.28. The molecule has 2 aromatic carbocycles. The number of carbonyl (C=O) groups is 1. The molecule has 0 unspecified atom stereocenters. The third-order valence-corrected chi connectivity index (χ3v) is 5.48. The molecule has 0 radical (unpaired) electrons. The standard InChI is InChI=1S/C23H23N5O2S/c1-2-13-24-22(29)19-15-30-21(25-19)16-31-23-27-26-20(14-17-9-5-3-6-10-17)28(23)18-11-7-4-8-12-18/h3-12,15H,2,13-14,16H2,1H3,(H,24,29). The number of hydrogen-bond acceptors (Lipinski definition) is 6. The molecule has 0 aliphatic rings. The summed E-state index contributed by atoms with van der Waals surface area (Å²) >= 11 is 1.47. The summed E-state index contributed by atoms with van der Waals surface area (Å²) in [6.45, 7) is 2.61. The molecule has 158 valence electrons. The highest BCUT2D eigenvalue weighted by Crippen LogP contribution is 2.26. The predicted molar refractivity (Wildman–Crippen MR) is 119 cm³/mol. The summed E-state index contributed by atoms with van der Waals surface area (Å²) in [7, 11) is 0. The molecular formula is C23H23N5O2S. The molecule has 0 aliphatic heterocycles. The van der Waals surface area contributed by atoms with Gasteiger partial charge >= 0.3 is 0 Å². The van der Waals surface area contributed by atoms with Crippen molar-refractivity contribution in [1.29, 1.82) is 0 Å². The zero-order valence-corrected chi connectivity index (χ0v) is 18.0. The van der Waals surface area contributed by atoms with E-state index in [0.717, 1.165) is 23.1 Å². The first kappa shape index (κ1) is 20.9. The second-order valence-electron chi connectivity index (χ2n) is 6.90. The first-order chi connectivity index (χ1) is 15.2. The van der Waals surface area contributed by atoms with Crippen LogP contribution in [0.3, 0.4) is 0 Å². The maximum absolute atomic E-state index is 12.0. The summed E-state index contributed by atoms with van der Waals surface area (Å²) < 4.78 is 7.54. The van der Waals surface area contributed by atoms with Gasteiger partial charge in [-0.15, -0.1) is 10.2 Å². The highest BCUT2D eigenvalue weighted by molar-refractivity contribution is 7.98. The van der Waals surface area contributed by atoms with E-state index in [1.54, 1.807) is 0 Å². The zero-order chi connectivity index (χ0) is 21.5. The van der Waals surface area contributed by atoms with Crippen molar-refractivity contribution in [3.05, 3.63) is 89.9 Å². The molecule has 0 saturated carbocycles. The lowest BCUT2D eigenvalue weighted by Crippen LogP contribution is -2.24. The van der Waals surface area contributed by atoms with Crippen molar-refractivity contribution < 1.29 is 9.21 Å². The lowest BCUT2D eigenvalue weighted by atomic mass is 10.1. The largest absolute Gasteiger partial charge is 0.447 e. The quantitative estimate of drug-likeness (QED) is 0.397. The molecule has 0 fully saturated rings. The molecule has 4 aromatic rings. The van der Waals surface area contributed by atoms with Crippen molar-refractivity contribution in [3.63, 3.8) is 0 Å². The summed E-state index contributed by atoms with van der Waals surface area (Å²) in [5, 5.41) is 12.4. The average molecular weight is 434 g/mol. The molecule has 1 N–H and O–H groups in total. The van der Waals surface area contributed by atoms with Gasteiger partial charge in [-0.3, -0.25) is 9.36 Å². The fraction of sp³-hybridized carbons (Fsp3) is 0.217. The Labute approximate surface area is 184 Å². The highest BCUT2D eigenvalue weighted by atomic mass is 32.2. The van der Waals surface area contributed by atoms with Crippen molar-refractivity contribution in [2.75, 3.05) is 6.54 Å². The van der Waals surface area contributed by atoms with Crippen molar-refractivity contribution in [1.82, 2.24) is 25.1 Å². The number of nitrogens with zero attached hydrogens (tertiary/aromatic N) is 4. The molecular weight excluding hydrogens is 410 g/mol. The van der Waals surface area contributed by atoms with E-state index in [1.165, 1.54) is 23.6 Å². The minimum absolute atomic E-state index is 0.223. The Balaban J connectivity index is 1.53. The number of hydrogen-bond donors (Lipinski definition) is 1. The summed E-state index contributed by atoms with van der Waals surface area (Å²) in [6, 6.07) is 20.2. The van der Waals surface area contributed by atoms with Gasteiger partial charge in [0.2, 0.25) is 5.89 Å². The first-order valence-electron chi connectivity index (χ1n) is 10.1. The zero-order valence-electron chi connectivity index (χ0n) is 17.2. The Morgan fingerprint density at radius 2 is 1.81 bits per heavy atom. The van der Waals surface area contributed by atoms with E-state index in [-0.39, 0.29) is 5.91 Å². The topological polar surface area (TPSA) is 85.8 Å². The maximum atomic E-state index is 12.0. The van der Waals surface area contributed by atoms with E-state index >= 15 is 0 Å². The van der Waals surface area contributed by atoms with Crippen molar-refractivity contribution in [3.8, 4) is 5.69 Å². The fourth-order valence-electron chi connectivity index (χ4n) is 3.06. The van der Waals surface area contributed by atoms with E-state index in [9.17, 15) is 4.79 Å². The number of rotatable bonds is 9. The van der Waals surface area contributed by atoms with Crippen LogP contribution in [0.4, 0.5) is 0 Å². The summed E-state index contributed by atoms with van der Waals surface area (Å²) in [6.07, 6.45) is 2.93. The van der Waals surface area contributed by atoms with Crippen LogP contribution in [-0.4, -0.2) is 32.2 Å².